The Labute approximate surface area is 178 Å². The van der Waals surface area contributed by atoms with Gasteiger partial charge in [-0.2, -0.15) is 18.3 Å². The molecule has 3 unspecified atom stereocenters. The number of methoxy groups -OCH3 is 1. The normalized spacial score (nSPS) is 26.2. The van der Waals surface area contributed by atoms with Crippen LogP contribution in [0.15, 0.2) is 30.6 Å². The lowest BCUT2D eigenvalue weighted by molar-refractivity contribution is -0.155. The summed E-state index contributed by atoms with van der Waals surface area (Å²) in [5.74, 6) is 0.311. The molecular formula is C21H24F3N5O2. The van der Waals surface area contributed by atoms with Crippen molar-refractivity contribution in [3.63, 3.8) is 0 Å². The number of carbonyl (C=O) groups excluding carboxylic acids is 1. The highest BCUT2D eigenvalue weighted by molar-refractivity contribution is 5.92. The zero-order valence-electron chi connectivity index (χ0n) is 17.5. The molecule has 0 radical (unpaired) electrons. The second kappa shape index (κ2) is 7.74. The monoisotopic (exact) mass is 435 g/mol. The quantitative estimate of drug-likeness (QED) is 0.772. The summed E-state index contributed by atoms with van der Waals surface area (Å²) in [7, 11) is 1.62. The van der Waals surface area contributed by atoms with Gasteiger partial charge in [0.2, 0.25) is 0 Å². The Bertz CT molecular complexity index is 971. The highest BCUT2D eigenvalue weighted by Crippen LogP contribution is 2.52. The Morgan fingerprint density at radius 3 is 2.74 bits per heavy atom. The Kier molecular flexibility index (Phi) is 5.36. The summed E-state index contributed by atoms with van der Waals surface area (Å²) in [6, 6.07) is 3.16. The number of alkyl halides is 3. The Morgan fingerprint density at radius 2 is 2.10 bits per heavy atom. The number of piperidine rings is 1. The number of carbonyl (C=O) groups is 1. The van der Waals surface area contributed by atoms with Crippen LogP contribution in [0.2, 0.25) is 0 Å². The van der Waals surface area contributed by atoms with E-state index in [1.54, 1.807) is 12.0 Å². The van der Waals surface area contributed by atoms with Crippen LogP contribution in [-0.4, -0.2) is 50.9 Å². The van der Waals surface area contributed by atoms with Crippen molar-refractivity contribution in [2.75, 3.05) is 12.4 Å². The van der Waals surface area contributed by atoms with E-state index in [0.29, 0.717) is 5.92 Å². The molecule has 4 rings (SSSR count). The molecule has 1 saturated carbocycles. The van der Waals surface area contributed by atoms with Gasteiger partial charge in [-0.1, -0.05) is 6.92 Å². The Hall–Kier alpha value is -2.75. The first kappa shape index (κ1) is 21.5. The van der Waals surface area contributed by atoms with Crippen molar-refractivity contribution in [1.29, 1.82) is 0 Å². The lowest BCUT2D eigenvalue weighted by Crippen LogP contribution is -2.76. The number of hydrogen-bond donors (Lipinski definition) is 1. The molecule has 2 heterocycles. The topological polar surface area (TPSA) is 80.2 Å². The van der Waals surface area contributed by atoms with Crippen molar-refractivity contribution in [2.45, 2.75) is 57.0 Å². The molecule has 4 atom stereocenters. The molecule has 166 valence electrons. The van der Waals surface area contributed by atoms with E-state index in [9.17, 15) is 18.0 Å². The van der Waals surface area contributed by atoms with Crippen molar-refractivity contribution < 1.29 is 22.7 Å². The van der Waals surface area contributed by atoms with E-state index in [1.165, 1.54) is 24.5 Å². The lowest BCUT2D eigenvalue weighted by atomic mass is 9.62. The molecule has 1 aliphatic heterocycles. The third-order valence-electron chi connectivity index (χ3n) is 6.44. The van der Waals surface area contributed by atoms with Crippen LogP contribution in [0.1, 0.15) is 38.7 Å². The van der Waals surface area contributed by atoms with Crippen LogP contribution in [-0.2, 0) is 10.9 Å². The van der Waals surface area contributed by atoms with Crippen LogP contribution in [0.5, 0.6) is 0 Å². The summed E-state index contributed by atoms with van der Waals surface area (Å²) < 4.78 is 46.1. The lowest BCUT2D eigenvalue weighted by Gasteiger charge is -2.65. The first-order valence-electron chi connectivity index (χ1n) is 10.1. The van der Waals surface area contributed by atoms with Gasteiger partial charge >= 0.3 is 12.2 Å². The second-order valence-electron chi connectivity index (χ2n) is 8.41. The maximum atomic E-state index is 13.5. The maximum absolute atomic E-state index is 13.5. The van der Waals surface area contributed by atoms with Crippen LogP contribution < -0.4 is 5.32 Å². The number of anilines is 1. The smallest absolute Gasteiger partial charge is 0.379 e. The number of nitrogens with zero attached hydrogens (tertiary/aromatic N) is 4. The number of hydrogen-bond acceptors (Lipinski definition) is 5. The fraction of sp³-hybridized carbons (Fsp3) is 0.524. The maximum Gasteiger partial charge on any atom is 0.417 e. The zero-order chi connectivity index (χ0) is 22.4. The molecular weight excluding hydrogens is 411 g/mol. The van der Waals surface area contributed by atoms with Gasteiger partial charge in [-0.25, -0.2) is 9.78 Å². The van der Waals surface area contributed by atoms with E-state index >= 15 is 0 Å². The SMILES string of the molecule is COC(C)C12CC(C[C@@H](C)C1)N2C(=O)Nc1ccc(C(F)(F)F)c(-c2nccnn2)c1. The fourth-order valence-electron chi connectivity index (χ4n) is 5.09. The molecule has 1 N–H and O–H groups in total. The summed E-state index contributed by atoms with van der Waals surface area (Å²) in [5.41, 5.74) is -1.30. The number of fused-ring (bicyclic) bond motifs is 2. The van der Waals surface area contributed by atoms with Gasteiger partial charge in [-0.15, -0.1) is 5.10 Å². The van der Waals surface area contributed by atoms with E-state index < -0.39 is 17.3 Å². The molecule has 1 aromatic heterocycles. The highest BCUT2D eigenvalue weighted by Gasteiger charge is 2.61. The van der Waals surface area contributed by atoms with E-state index in [2.05, 4.69) is 27.4 Å². The number of benzene rings is 1. The average Bonchev–Trinajstić information content (AvgIpc) is 2.72. The van der Waals surface area contributed by atoms with E-state index in [-0.39, 0.29) is 35.3 Å². The third kappa shape index (κ3) is 3.73. The van der Waals surface area contributed by atoms with Gasteiger partial charge in [-0.05, 0) is 50.3 Å². The van der Waals surface area contributed by atoms with Crippen molar-refractivity contribution in [3.8, 4) is 11.4 Å². The summed E-state index contributed by atoms with van der Waals surface area (Å²) in [6.07, 6.45) is 0.390. The standard InChI is InChI=1S/C21H24F3N5O2/c1-12-8-15-11-20(10-12,13(2)31-3)29(15)19(30)27-14-4-5-17(21(22,23)24)16(9-14)18-25-6-7-26-28-18/h4-7,9,12-13,15H,8,10-11H2,1-3H3,(H,27,30)/t12-,13?,15?,20?/m1/s1. The second-order valence-corrected chi connectivity index (χ2v) is 8.41. The molecule has 1 aromatic carbocycles. The largest absolute Gasteiger partial charge is 0.417 e. The van der Waals surface area contributed by atoms with Crippen molar-refractivity contribution in [3.05, 3.63) is 36.2 Å². The molecule has 2 bridgehead atoms. The molecule has 10 heteroatoms. The minimum absolute atomic E-state index is 0.0944. The van der Waals surface area contributed by atoms with Crippen molar-refractivity contribution in [1.82, 2.24) is 20.1 Å². The number of nitrogens with one attached hydrogen (secondary N) is 1. The number of amides is 2. The third-order valence-corrected chi connectivity index (χ3v) is 6.44. The summed E-state index contributed by atoms with van der Waals surface area (Å²) >= 11 is 0. The Morgan fingerprint density at radius 1 is 1.32 bits per heavy atom. The minimum Gasteiger partial charge on any atom is -0.379 e. The highest BCUT2D eigenvalue weighted by atomic mass is 19.4. The summed E-state index contributed by atoms with van der Waals surface area (Å²) in [6.45, 7) is 4.11. The number of ether oxygens (including phenoxy) is 1. The van der Waals surface area contributed by atoms with Crippen molar-refractivity contribution >= 4 is 11.7 Å². The van der Waals surface area contributed by atoms with Crippen LogP contribution in [0.4, 0.5) is 23.7 Å². The Balaban J connectivity index is 1.63. The number of likely N-dealkylation sites (tertiary alicyclic amines) is 1. The van der Waals surface area contributed by atoms with Gasteiger partial charge < -0.3 is 15.0 Å². The number of halogens is 3. The minimum atomic E-state index is -4.60. The number of aromatic nitrogens is 3. The van der Waals surface area contributed by atoms with Gasteiger partial charge in [0.05, 0.1) is 23.4 Å². The predicted molar refractivity (Wildman–Crippen MR) is 107 cm³/mol. The molecule has 2 fully saturated rings. The van der Waals surface area contributed by atoms with Gasteiger partial charge in [0, 0.05) is 30.6 Å². The molecule has 2 aromatic rings. The first-order valence-corrected chi connectivity index (χ1v) is 10.1. The van der Waals surface area contributed by atoms with Crippen LogP contribution in [0.25, 0.3) is 11.4 Å². The number of urea groups is 1. The zero-order valence-corrected chi connectivity index (χ0v) is 17.5. The van der Waals surface area contributed by atoms with Gasteiger partial charge in [0.1, 0.15) is 0 Å². The van der Waals surface area contributed by atoms with Crippen LogP contribution >= 0.6 is 0 Å². The number of rotatable bonds is 4. The molecule has 31 heavy (non-hydrogen) atoms. The van der Waals surface area contributed by atoms with Gasteiger partial charge in [-0.3, -0.25) is 0 Å². The van der Waals surface area contributed by atoms with Crippen molar-refractivity contribution in [2.24, 2.45) is 5.92 Å². The molecule has 1 aliphatic carbocycles. The molecule has 2 aliphatic rings. The molecule has 7 nitrogen and oxygen atoms in total. The van der Waals surface area contributed by atoms with E-state index in [1.807, 2.05) is 6.92 Å². The first-order chi connectivity index (χ1) is 14.7. The van der Waals surface area contributed by atoms with Gasteiger partial charge in [0.15, 0.2) is 5.82 Å². The van der Waals surface area contributed by atoms with Gasteiger partial charge in [0.25, 0.3) is 0 Å². The van der Waals surface area contributed by atoms with E-state index in [4.69, 9.17) is 4.74 Å². The van der Waals surface area contributed by atoms with E-state index in [0.717, 1.165) is 25.3 Å². The molecule has 2 amide bonds. The molecule has 0 spiro atoms. The average molecular weight is 435 g/mol. The van der Waals surface area contributed by atoms with Crippen LogP contribution in [0, 0.1) is 5.92 Å². The predicted octanol–water partition coefficient (Wildman–Crippen LogP) is 4.37. The van der Waals surface area contributed by atoms with Crippen LogP contribution in [0.3, 0.4) is 0 Å². The fourth-order valence-corrected chi connectivity index (χ4v) is 5.09. The summed E-state index contributed by atoms with van der Waals surface area (Å²) in [5, 5.41) is 10.1. The summed E-state index contributed by atoms with van der Waals surface area (Å²) in [4.78, 5) is 18.9. The molecule has 1 saturated heterocycles.